The molecule has 0 aliphatic rings. The Morgan fingerprint density at radius 2 is 1.72 bits per heavy atom. The zero-order valence-electron chi connectivity index (χ0n) is 16.3. The third kappa shape index (κ3) is 3.49. The van der Waals surface area contributed by atoms with Crippen LogP contribution in [0.1, 0.15) is 0 Å². The molecule has 0 aliphatic heterocycles. The second-order valence-electron chi connectivity index (χ2n) is 6.87. The van der Waals surface area contributed by atoms with Crippen molar-refractivity contribution in [2.75, 3.05) is 26.1 Å². The van der Waals surface area contributed by atoms with Crippen molar-refractivity contribution in [2.24, 2.45) is 0 Å². The minimum absolute atomic E-state index is 0.552. The number of hydrogen-bond acceptors (Lipinski definition) is 4. The monoisotopic (exact) mass is 391 g/mol. The average Bonchev–Trinajstić information content (AvgIpc) is 2.74. The Morgan fingerprint density at radius 1 is 0.897 bits per heavy atom. The molecule has 0 saturated carbocycles. The van der Waals surface area contributed by atoms with E-state index in [2.05, 4.69) is 4.98 Å². The smallest absolute Gasteiger partial charge is 0.159 e. The van der Waals surface area contributed by atoms with Gasteiger partial charge in [0.2, 0.25) is 0 Å². The molecule has 0 bridgehead atoms. The maximum absolute atomic E-state index is 13.8. The first-order valence-corrected chi connectivity index (χ1v) is 9.04. The molecule has 4 nitrogen and oxygen atoms in total. The average molecular weight is 391 g/mol. The molecular weight excluding hydrogens is 372 g/mol. The van der Waals surface area contributed by atoms with Gasteiger partial charge in [0.15, 0.2) is 11.6 Å². The van der Waals surface area contributed by atoms with Crippen molar-refractivity contribution in [3.05, 3.63) is 72.6 Å². The number of pyridine rings is 2. The standard InChI is InChI=1S/C23H19F2N3O/c1-28(2)21-12-20(15-5-4-8-26-13-15)27-23-17(21)9-16(11-22(23)29-3)14-6-7-18(24)19(25)10-14/h4-13H,1-3H3. The second-order valence-corrected chi connectivity index (χ2v) is 6.87. The van der Waals surface area contributed by atoms with Gasteiger partial charge in [-0.15, -0.1) is 0 Å². The molecule has 0 fully saturated rings. The number of halogens is 2. The lowest BCUT2D eigenvalue weighted by Gasteiger charge is -2.19. The van der Waals surface area contributed by atoms with Crippen molar-refractivity contribution in [1.29, 1.82) is 0 Å². The van der Waals surface area contributed by atoms with Crippen molar-refractivity contribution in [2.45, 2.75) is 0 Å². The Kier molecular flexibility index (Phi) is 4.84. The summed E-state index contributed by atoms with van der Waals surface area (Å²) in [5.41, 5.74) is 4.55. The molecule has 0 aliphatic carbocycles. The SMILES string of the molecule is COc1cc(-c2ccc(F)c(F)c2)cc2c(N(C)C)cc(-c3cccnc3)nc12. The molecule has 0 atom stereocenters. The van der Waals surface area contributed by atoms with Crippen LogP contribution < -0.4 is 9.64 Å². The molecule has 2 aromatic carbocycles. The van der Waals surface area contributed by atoms with Crippen molar-refractivity contribution >= 4 is 16.6 Å². The Labute approximate surface area is 167 Å². The van der Waals surface area contributed by atoms with Crippen molar-refractivity contribution in [3.63, 3.8) is 0 Å². The highest BCUT2D eigenvalue weighted by Crippen LogP contribution is 2.38. The van der Waals surface area contributed by atoms with Crippen LogP contribution in [0.25, 0.3) is 33.3 Å². The molecule has 2 heterocycles. The second kappa shape index (κ2) is 7.47. The number of fused-ring (bicyclic) bond motifs is 1. The lowest BCUT2D eigenvalue weighted by Crippen LogP contribution is -2.10. The van der Waals surface area contributed by atoms with Crippen LogP contribution in [0.5, 0.6) is 5.75 Å². The summed E-state index contributed by atoms with van der Waals surface area (Å²) in [5, 5.41) is 0.849. The lowest BCUT2D eigenvalue weighted by atomic mass is 10.00. The topological polar surface area (TPSA) is 38.2 Å². The lowest BCUT2D eigenvalue weighted by molar-refractivity contribution is 0.419. The first-order valence-electron chi connectivity index (χ1n) is 9.04. The third-order valence-electron chi connectivity index (χ3n) is 4.77. The van der Waals surface area contributed by atoms with E-state index in [1.54, 1.807) is 31.6 Å². The van der Waals surface area contributed by atoms with Crippen molar-refractivity contribution in [1.82, 2.24) is 9.97 Å². The molecule has 0 saturated heterocycles. The van der Waals surface area contributed by atoms with E-state index in [0.717, 1.165) is 28.4 Å². The summed E-state index contributed by atoms with van der Waals surface area (Å²) in [5.74, 6) is -1.21. The van der Waals surface area contributed by atoms with E-state index in [1.165, 1.54) is 6.07 Å². The molecule has 146 valence electrons. The first kappa shape index (κ1) is 18.8. The maximum atomic E-state index is 13.8. The highest BCUT2D eigenvalue weighted by Gasteiger charge is 2.16. The molecule has 0 amide bonds. The minimum Gasteiger partial charge on any atom is -0.494 e. The highest BCUT2D eigenvalue weighted by molar-refractivity contribution is 6.00. The van der Waals surface area contributed by atoms with Gasteiger partial charge in [0.25, 0.3) is 0 Å². The molecule has 0 spiro atoms. The summed E-state index contributed by atoms with van der Waals surface area (Å²) >= 11 is 0. The molecular formula is C23H19F2N3O. The Balaban J connectivity index is 2.00. The first-order chi connectivity index (χ1) is 14.0. The predicted octanol–water partition coefficient (Wildman–Crippen LogP) is 5.32. The normalized spacial score (nSPS) is 10.9. The molecule has 4 rings (SSSR count). The molecule has 6 heteroatoms. The summed E-state index contributed by atoms with van der Waals surface area (Å²) in [6, 6.07) is 13.3. The van der Waals surface area contributed by atoms with E-state index in [1.807, 2.05) is 43.3 Å². The largest absolute Gasteiger partial charge is 0.494 e. The Hall–Kier alpha value is -3.54. The fourth-order valence-corrected chi connectivity index (χ4v) is 3.31. The van der Waals surface area contributed by atoms with Crippen molar-refractivity contribution in [3.8, 4) is 28.1 Å². The molecule has 0 unspecified atom stereocenters. The molecule has 2 aromatic heterocycles. The van der Waals surface area contributed by atoms with E-state index < -0.39 is 11.6 Å². The molecule has 0 radical (unpaired) electrons. The van der Waals surface area contributed by atoms with E-state index in [0.29, 0.717) is 22.4 Å². The number of hydrogen-bond donors (Lipinski definition) is 0. The molecule has 29 heavy (non-hydrogen) atoms. The third-order valence-corrected chi connectivity index (χ3v) is 4.77. The van der Waals surface area contributed by atoms with Gasteiger partial charge in [0.05, 0.1) is 12.8 Å². The van der Waals surface area contributed by atoms with Crippen LogP contribution in [0.3, 0.4) is 0 Å². The zero-order valence-corrected chi connectivity index (χ0v) is 16.3. The van der Waals surface area contributed by atoms with Crippen LogP contribution in [0.2, 0.25) is 0 Å². The summed E-state index contributed by atoms with van der Waals surface area (Å²) < 4.78 is 32.7. The van der Waals surface area contributed by atoms with Crippen LogP contribution in [-0.4, -0.2) is 31.2 Å². The fraction of sp³-hybridized carbons (Fsp3) is 0.130. The highest BCUT2D eigenvalue weighted by atomic mass is 19.2. The van der Waals surface area contributed by atoms with Gasteiger partial charge in [-0.3, -0.25) is 4.98 Å². The van der Waals surface area contributed by atoms with Crippen LogP contribution in [-0.2, 0) is 0 Å². The number of ether oxygens (including phenoxy) is 1. The maximum Gasteiger partial charge on any atom is 0.159 e. The van der Waals surface area contributed by atoms with Crippen LogP contribution in [0.4, 0.5) is 14.5 Å². The number of rotatable bonds is 4. The van der Waals surface area contributed by atoms with Gasteiger partial charge in [0.1, 0.15) is 11.3 Å². The predicted molar refractivity (Wildman–Crippen MR) is 111 cm³/mol. The zero-order chi connectivity index (χ0) is 20.5. The van der Waals surface area contributed by atoms with E-state index in [4.69, 9.17) is 9.72 Å². The Morgan fingerprint density at radius 3 is 2.38 bits per heavy atom. The van der Waals surface area contributed by atoms with Crippen LogP contribution in [0, 0.1) is 11.6 Å². The number of anilines is 1. The summed E-state index contributed by atoms with van der Waals surface area (Å²) in [7, 11) is 5.45. The number of benzene rings is 2. The van der Waals surface area contributed by atoms with Crippen LogP contribution in [0.15, 0.2) is 60.9 Å². The van der Waals surface area contributed by atoms with Gasteiger partial charge < -0.3 is 9.64 Å². The molecule has 4 aromatic rings. The number of aromatic nitrogens is 2. The number of nitrogens with zero attached hydrogens (tertiary/aromatic N) is 3. The van der Waals surface area contributed by atoms with Gasteiger partial charge in [0, 0.05) is 43.1 Å². The quantitative estimate of drug-likeness (QED) is 0.472. The fourth-order valence-electron chi connectivity index (χ4n) is 3.31. The van der Waals surface area contributed by atoms with Crippen molar-refractivity contribution < 1.29 is 13.5 Å². The van der Waals surface area contributed by atoms with Crippen LogP contribution >= 0.6 is 0 Å². The Bertz CT molecular complexity index is 1190. The van der Waals surface area contributed by atoms with E-state index in [9.17, 15) is 8.78 Å². The summed E-state index contributed by atoms with van der Waals surface area (Å²) in [6.45, 7) is 0. The molecule has 0 N–H and O–H groups in total. The number of methoxy groups -OCH3 is 1. The minimum atomic E-state index is -0.889. The van der Waals surface area contributed by atoms with Gasteiger partial charge in [-0.2, -0.15) is 0 Å². The van der Waals surface area contributed by atoms with Gasteiger partial charge in [-0.25, -0.2) is 13.8 Å². The van der Waals surface area contributed by atoms with E-state index >= 15 is 0 Å². The van der Waals surface area contributed by atoms with E-state index in [-0.39, 0.29) is 0 Å². The van der Waals surface area contributed by atoms with Gasteiger partial charge in [-0.05, 0) is 53.6 Å². The summed E-state index contributed by atoms with van der Waals surface area (Å²) in [4.78, 5) is 11.0. The van der Waals surface area contributed by atoms with Gasteiger partial charge >= 0.3 is 0 Å². The van der Waals surface area contributed by atoms with Gasteiger partial charge in [-0.1, -0.05) is 6.07 Å². The summed E-state index contributed by atoms with van der Waals surface area (Å²) in [6.07, 6.45) is 3.47.